The van der Waals surface area contributed by atoms with Gasteiger partial charge in [-0.2, -0.15) is 15.3 Å². The smallest absolute Gasteiger partial charge is 0.359 e. The van der Waals surface area contributed by atoms with Gasteiger partial charge in [0.1, 0.15) is 17.6 Å². The lowest BCUT2D eigenvalue weighted by molar-refractivity contribution is 0.0513. The van der Waals surface area contributed by atoms with Crippen LogP contribution in [0.2, 0.25) is 0 Å². The van der Waals surface area contributed by atoms with Gasteiger partial charge in [0.05, 0.1) is 44.3 Å². The Morgan fingerprint density at radius 1 is 1.29 bits per heavy atom. The Morgan fingerprint density at radius 2 is 2.03 bits per heavy atom. The summed E-state index contributed by atoms with van der Waals surface area (Å²) in [4.78, 5) is 21.1. The van der Waals surface area contributed by atoms with Gasteiger partial charge in [0.2, 0.25) is 5.88 Å². The monoisotopic (exact) mass is 469 g/mol. The van der Waals surface area contributed by atoms with Crippen molar-refractivity contribution in [3.8, 4) is 23.6 Å². The number of aliphatic hydroxyl groups excluding tert-OH is 1. The van der Waals surface area contributed by atoms with Gasteiger partial charge in [0, 0.05) is 11.1 Å². The van der Waals surface area contributed by atoms with Crippen LogP contribution in [-0.2, 0) is 4.74 Å². The number of carbonyl (C=O) groups is 1. The van der Waals surface area contributed by atoms with Gasteiger partial charge in [-0.05, 0) is 25.0 Å². The molecule has 1 unspecified atom stereocenters. The second-order valence-corrected chi connectivity index (χ2v) is 7.44. The van der Waals surface area contributed by atoms with E-state index >= 15 is 0 Å². The first-order valence-corrected chi connectivity index (χ1v) is 10.4. The summed E-state index contributed by atoms with van der Waals surface area (Å²) >= 11 is 0. The summed E-state index contributed by atoms with van der Waals surface area (Å²) in [5.41, 5.74) is 0.514. The van der Waals surface area contributed by atoms with Gasteiger partial charge in [-0.15, -0.1) is 0 Å². The summed E-state index contributed by atoms with van der Waals surface area (Å²) in [6, 6.07) is 5.60. The molecular formula is C23H24FN5O5. The summed E-state index contributed by atoms with van der Waals surface area (Å²) in [7, 11) is 2.80. The number of nitriles is 1. The van der Waals surface area contributed by atoms with E-state index in [0.717, 1.165) is 6.07 Å². The molecule has 1 aromatic carbocycles. The van der Waals surface area contributed by atoms with Crippen molar-refractivity contribution in [2.45, 2.75) is 32.8 Å². The fourth-order valence-corrected chi connectivity index (χ4v) is 3.51. The number of ether oxygens (including phenoxy) is 3. The topological polar surface area (TPSA) is 132 Å². The fraction of sp³-hybridized carbons (Fsp3) is 0.348. The van der Waals surface area contributed by atoms with Crippen LogP contribution in [0.4, 0.5) is 4.39 Å². The van der Waals surface area contributed by atoms with E-state index in [9.17, 15) is 14.3 Å². The number of carbonyl (C=O) groups excluding carboxylic acids is 1. The first-order chi connectivity index (χ1) is 16.3. The third-order valence-electron chi connectivity index (χ3n) is 4.99. The summed E-state index contributed by atoms with van der Waals surface area (Å²) in [5.74, 6) is -1.78. The van der Waals surface area contributed by atoms with Crippen LogP contribution in [0.3, 0.4) is 0 Å². The zero-order chi connectivity index (χ0) is 25.0. The molecule has 3 aromatic rings. The molecule has 2 heterocycles. The van der Waals surface area contributed by atoms with Crippen molar-refractivity contribution >= 4 is 5.97 Å². The minimum Gasteiger partial charge on any atom is -0.479 e. The number of halogens is 1. The summed E-state index contributed by atoms with van der Waals surface area (Å²) in [5, 5.41) is 24.7. The minimum atomic E-state index is -1.58. The lowest BCUT2D eigenvalue weighted by atomic mass is 9.93. The number of nitrogens with zero attached hydrogens (tertiary/aromatic N) is 5. The SMILES string of the molecule is CCOC(=O)c1nn(-c2cnc(OC)nc2OC)c(C(C)C)c1C(O)c1ccc(C#N)cc1F. The maximum Gasteiger partial charge on any atom is 0.359 e. The maximum absolute atomic E-state index is 14.8. The average Bonchev–Trinajstić information content (AvgIpc) is 3.24. The van der Waals surface area contributed by atoms with Crippen LogP contribution in [0.25, 0.3) is 5.69 Å². The molecule has 11 heteroatoms. The number of rotatable bonds is 8. The molecule has 0 saturated heterocycles. The second kappa shape index (κ2) is 10.3. The number of aliphatic hydroxyl groups is 1. The molecule has 0 saturated carbocycles. The normalized spacial score (nSPS) is 11.7. The molecule has 0 bridgehead atoms. The molecular weight excluding hydrogens is 445 g/mol. The molecule has 3 rings (SSSR count). The van der Waals surface area contributed by atoms with Crippen LogP contribution < -0.4 is 9.47 Å². The highest BCUT2D eigenvalue weighted by atomic mass is 19.1. The largest absolute Gasteiger partial charge is 0.479 e. The lowest BCUT2D eigenvalue weighted by Gasteiger charge is -2.18. The number of hydrogen-bond donors (Lipinski definition) is 1. The quantitative estimate of drug-likeness (QED) is 0.494. The number of esters is 1. The van der Waals surface area contributed by atoms with E-state index in [2.05, 4.69) is 15.1 Å². The first kappa shape index (κ1) is 24.6. The van der Waals surface area contributed by atoms with Crippen LogP contribution in [0.5, 0.6) is 11.9 Å². The highest BCUT2D eigenvalue weighted by Crippen LogP contribution is 2.37. The molecule has 0 aliphatic rings. The minimum absolute atomic E-state index is 0.0596. The van der Waals surface area contributed by atoms with Crippen molar-refractivity contribution in [1.29, 1.82) is 5.26 Å². The van der Waals surface area contributed by atoms with E-state index in [1.165, 1.54) is 37.2 Å². The van der Waals surface area contributed by atoms with Crippen LogP contribution >= 0.6 is 0 Å². The first-order valence-electron chi connectivity index (χ1n) is 10.4. The van der Waals surface area contributed by atoms with E-state index in [4.69, 9.17) is 19.5 Å². The van der Waals surface area contributed by atoms with E-state index in [-0.39, 0.29) is 52.5 Å². The number of hydrogen-bond acceptors (Lipinski definition) is 9. The lowest BCUT2D eigenvalue weighted by Crippen LogP contribution is -2.13. The van der Waals surface area contributed by atoms with Crippen molar-refractivity contribution in [3.63, 3.8) is 0 Å². The Bertz CT molecular complexity index is 1250. The van der Waals surface area contributed by atoms with E-state index in [1.807, 2.05) is 19.9 Å². The van der Waals surface area contributed by atoms with Crippen LogP contribution in [0.1, 0.15) is 65.7 Å². The Hall–Kier alpha value is -4.04. The highest BCUT2D eigenvalue weighted by molar-refractivity contribution is 5.90. The fourth-order valence-electron chi connectivity index (χ4n) is 3.51. The molecule has 34 heavy (non-hydrogen) atoms. The predicted molar refractivity (Wildman–Crippen MR) is 117 cm³/mol. The van der Waals surface area contributed by atoms with Gasteiger partial charge < -0.3 is 19.3 Å². The Kier molecular flexibility index (Phi) is 7.43. The molecule has 0 aliphatic heterocycles. The third kappa shape index (κ3) is 4.53. The predicted octanol–water partition coefficient (Wildman–Crippen LogP) is 3.07. The maximum atomic E-state index is 14.8. The molecule has 0 radical (unpaired) electrons. The van der Waals surface area contributed by atoms with Gasteiger partial charge in [-0.3, -0.25) is 0 Å². The summed E-state index contributed by atoms with van der Waals surface area (Å²) in [6.07, 6.45) is -0.180. The summed E-state index contributed by atoms with van der Waals surface area (Å²) < 4.78 is 31.7. The zero-order valence-corrected chi connectivity index (χ0v) is 19.4. The zero-order valence-electron chi connectivity index (χ0n) is 19.4. The van der Waals surface area contributed by atoms with Crippen molar-refractivity contribution in [1.82, 2.24) is 19.7 Å². The number of benzene rings is 1. The van der Waals surface area contributed by atoms with Crippen LogP contribution in [0, 0.1) is 17.1 Å². The molecule has 178 valence electrons. The van der Waals surface area contributed by atoms with E-state index in [1.54, 1.807) is 6.92 Å². The van der Waals surface area contributed by atoms with Gasteiger partial charge in [0.25, 0.3) is 0 Å². The highest BCUT2D eigenvalue weighted by Gasteiger charge is 2.33. The Morgan fingerprint density at radius 3 is 2.59 bits per heavy atom. The van der Waals surface area contributed by atoms with Crippen molar-refractivity contribution in [3.05, 3.63) is 58.3 Å². The molecule has 0 fully saturated rings. The Labute approximate surface area is 195 Å². The molecule has 10 nitrogen and oxygen atoms in total. The van der Waals surface area contributed by atoms with E-state index in [0.29, 0.717) is 5.69 Å². The molecule has 0 aliphatic carbocycles. The Balaban J connectivity index is 2.32. The van der Waals surface area contributed by atoms with Crippen molar-refractivity contribution in [2.75, 3.05) is 20.8 Å². The van der Waals surface area contributed by atoms with Crippen molar-refractivity contribution in [2.24, 2.45) is 0 Å². The third-order valence-corrected chi connectivity index (χ3v) is 4.99. The molecule has 0 spiro atoms. The molecule has 1 N–H and O–H groups in total. The molecule has 2 aromatic heterocycles. The van der Waals surface area contributed by atoms with Crippen LogP contribution in [-0.4, -0.2) is 51.7 Å². The summed E-state index contributed by atoms with van der Waals surface area (Å²) in [6.45, 7) is 5.35. The van der Waals surface area contributed by atoms with Gasteiger partial charge in [-0.1, -0.05) is 19.9 Å². The van der Waals surface area contributed by atoms with E-state index < -0.39 is 17.9 Å². The van der Waals surface area contributed by atoms with Crippen molar-refractivity contribution < 1.29 is 28.5 Å². The number of methoxy groups -OCH3 is 2. The van der Waals surface area contributed by atoms with Crippen LogP contribution in [0.15, 0.2) is 24.4 Å². The van der Waals surface area contributed by atoms with Gasteiger partial charge in [0.15, 0.2) is 5.69 Å². The number of aromatic nitrogens is 4. The molecule has 1 atom stereocenters. The average molecular weight is 469 g/mol. The van der Waals surface area contributed by atoms with Gasteiger partial charge >= 0.3 is 12.0 Å². The standard InChI is InChI=1S/C23H24FN5O5/c1-6-34-22(31)18-17(20(30)14-8-7-13(10-25)9-15(14)24)19(12(2)3)29(28-18)16-11-26-23(33-5)27-21(16)32-4/h7-9,11-12,20,30H,6H2,1-5H3. The molecule has 0 amide bonds. The van der Waals surface area contributed by atoms with Gasteiger partial charge in [-0.25, -0.2) is 18.9 Å². The second-order valence-electron chi connectivity index (χ2n) is 7.44.